The van der Waals surface area contributed by atoms with Crippen molar-refractivity contribution in [3.8, 4) is 22.7 Å². The highest BCUT2D eigenvalue weighted by molar-refractivity contribution is 6.30. The summed E-state index contributed by atoms with van der Waals surface area (Å²) in [6.07, 6.45) is 1.71. The highest BCUT2D eigenvalue weighted by Crippen LogP contribution is 2.26. The molecule has 0 N–H and O–H groups in total. The van der Waals surface area contributed by atoms with Gasteiger partial charge in [-0.15, -0.1) is 0 Å². The van der Waals surface area contributed by atoms with Crippen molar-refractivity contribution in [3.63, 3.8) is 0 Å². The number of aromatic nitrogens is 4. The van der Waals surface area contributed by atoms with Crippen LogP contribution in [0.5, 0.6) is 5.75 Å². The largest absolute Gasteiger partial charge is 0.485 e. The molecule has 0 spiro atoms. The summed E-state index contributed by atoms with van der Waals surface area (Å²) in [7, 11) is 0. The maximum atomic E-state index is 13.6. The van der Waals surface area contributed by atoms with E-state index in [2.05, 4.69) is 0 Å². The SMILES string of the molecule is Cc1ccccc1COc1cccn2c(=O)c(-c3cc(C)n(-c4cc(Cl)ccc4C)n3)c(C)nc12. The zero-order valence-corrected chi connectivity index (χ0v) is 20.8. The normalized spacial score (nSPS) is 11.2. The van der Waals surface area contributed by atoms with Crippen molar-refractivity contribution in [1.29, 1.82) is 0 Å². The maximum Gasteiger partial charge on any atom is 0.267 e. The van der Waals surface area contributed by atoms with Gasteiger partial charge in [0, 0.05) is 16.9 Å². The fraction of sp³-hybridized carbons (Fsp3) is 0.179. The molecule has 0 aliphatic heterocycles. The van der Waals surface area contributed by atoms with E-state index in [9.17, 15) is 4.79 Å². The lowest BCUT2D eigenvalue weighted by Crippen LogP contribution is -2.19. The van der Waals surface area contributed by atoms with E-state index in [0.717, 1.165) is 28.1 Å². The summed E-state index contributed by atoms with van der Waals surface area (Å²) >= 11 is 6.23. The average Bonchev–Trinajstić information content (AvgIpc) is 3.21. The molecular weight excluding hydrogens is 460 g/mol. The van der Waals surface area contributed by atoms with Crippen molar-refractivity contribution >= 4 is 17.2 Å². The molecular formula is C28H25ClN4O2. The van der Waals surface area contributed by atoms with Gasteiger partial charge < -0.3 is 4.74 Å². The molecule has 5 aromatic rings. The van der Waals surface area contributed by atoms with Crippen LogP contribution in [0.4, 0.5) is 0 Å². The minimum absolute atomic E-state index is 0.193. The summed E-state index contributed by atoms with van der Waals surface area (Å²) in [4.78, 5) is 18.4. The van der Waals surface area contributed by atoms with Crippen molar-refractivity contribution in [3.05, 3.63) is 110 Å². The van der Waals surface area contributed by atoms with E-state index in [1.807, 2.05) is 87.0 Å². The van der Waals surface area contributed by atoms with Crippen molar-refractivity contribution in [2.24, 2.45) is 0 Å². The summed E-state index contributed by atoms with van der Waals surface area (Å²) in [6.45, 7) is 8.23. The smallest absolute Gasteiger partial charge is 0.267 e. The van der Waals surface area contributed by atoms with E-state index in [1.165, 1.54) is 4.40 Å². The Balaban J connectivity index is 1.57. The van der Waals surface area contributed by atoms with E-state index in [0.29, 0.717) is 40.0 Å². The molecule has 0 amide bonds. The third-order valence-electron chi connectivity index (χ3n) is 6.19. The Morgan fingerprint density at radius 1 is 0.943 bits per heavy atom. The molecule has 176 valence electrons. The van der Waals surface area contributed by atoms with Crippen LogP contribution in [0.15, 0.2) is 71.7 Å². The number of hydrogen-bond donors (Lipinski definition) is 0. The highest BCUT2D eigenvalue weighted by atomic mass is 35.5. The molecule has 5 rings (SSSR count). The fourth-order valence-corrected chi connectivity index (χ4v) is 4.40. The van der Waals surface area contributed by atoms with Crippen molar-refractivity contribution < 1.29 is 4.74 Å². The molecule has 3 heterocycles. The number of rotatable bonds is 5. The number of ether oxygens (including phenoxy) is 1. The molecule has 2 aromatic carbocycles. The van der Waals surface area contributed by atoms with Crippen LogP contribution < -0.4 is 10.3 Å². The molecule has 0 radical (unpaired) electrons. The van der Waals surface area contributed by atoms with Crippen LogP contribution in [0.1, 0.15) is 28.1 Å². The Bertz CT molecular complexity index is 1630. The van der Waals surface area contributed by atoms with Gasteiger partial charge in [-0.2, -0.15) is 5.10 Å². The number of aryl methyl sites for hydroxylation is 4. The first kappa shape index (κ1) is 22.9. The molecule has 0 fully saturated rings. The highest BCUT2D eigenvalue weighted by Gasteiger charge is 2.19. The van der Waals surface area contributed by atoms with E-state index < -0.39 is 0 Å². The van der Waals surface area contributed by atoms with Gasteiger partial charge in [0.2, 0.25) is 0 Å². The first-order valence-corrected chi connectivity index (χ1v) is 11.7. The van der Waals surface area contributed by atoms with Gasteiger partial charge in [-0.3, -0.25) is 9.20 Å². The average molecular weight is 485 g/mol. The molecule has 35 heavy (non-hydrogen) atoms. The summed E-state index contributed by atoms with van der Waals surface area (Å²) in [5.41, 5.74) is 6.94. The fourth-order valence-electron chi connectivity index (χ4n) is 4.23. The lowest BCUT2D eigenvalue weighted by Gasteiger charge is -2.12. The molecule has 6 nitrogen and oxygen atoms in total. The lowest BCUT2D eigenvalue weighted by atomic mass is 10.1. The Labute approximate surface area is 208 Å². The summed E-state index contributed by atoms with van der Waals surface area (Å²) in [6, 6.07) is 19.3. The zero-order chi connectivity index (χ0) is 24.7. The summed E-state index contributed by atoms with van der Waals surface area (Å²) in [5, 5.41) is 5.39. The minimum Gasteiger partial charge on any atom is -0.485 e. The number of halogens is 1. The monoisotopic (exact) mass is 484 g/mol. The standard InChI is InChI=1S/C28H25ClN4O2/c1-17-8-5-6-9-21(17)16-35-25-10-7-13-32-27(25)30-20(4)26(28(32)34)23-14-19(3)33(31-23)24-15-22(29)12-11-18(24)2/h5-15H,16H2,1-4H3. The van der Waals surface area contributed by atoms with Crippen LogP contribution in [-0.2, 0) is 6.61 Å². The number of nitrogens with zero attached hydrogens (tertiary/aromatic N) is 4. The quantitative estimate of drug-likeness (QED) is 0.306. The first-order chi connectivity index (χ1) is 16.8. The second-order valence-corrected chi connectivity index (χ2v) is 9.11. The van der Waals surface area contributed by atoms with Crippen LogP contribution in [0.2, 0.25) is 5.02 Å². The van der Waals surface area contributed by atoms with Gasteiger partial charge in [-0.1, -0.05) is 41.9 Å². The first-order valence-electron chi connectivity index (χ1n) is 11.4. The molecule has 0 aliphatic rings. The summed E-state index contributed by atoms with van der Waals surface area (Å²) < 4.78 is 9.43. The van der Waals surface area contributed by atoms with E-state index >= 15 is 0 Å². The van der Waals surface area contributed by atoms with E-state index in [1.54, 1.807) is 12.3 Å². The third kappa shape index (κ3) is 4.21. The molecule has 3 aromatic heterocycles. The molecule has 0 bridgehead atoms. The van der Waals surface area contributed by atoms with Gasteiger partial charge in [0.25, 0.3) is 5.56 Å². The predicted molar refractivity (Wildman–Crippen MR) is 139 cm³/mol. The van der Waals surface area contributed by atoms with Crippen molar-refractivity contribution in [2.75, 3.05) is 0 Å². The number of fused-ring (bicyclic) bond motifs is 1. The molecule has 0 saturated carbocycles. The van der Waals surface area contributed by atoms with Crippen LogP contribution in [-0.4, -0.2) is 19.2 Å². The van der Waals surface area contributed by atoms with Gasteiger partial charge in [0.1, 0.15) is 12.3 Å². The molecule has 0 saturated heterocycles. The molecule has 7 heteroatoms. The number of hydrogen-bond acceptors (Lipinski definition) is 4. The molecule has 0 unspecified atom stereocenters. The third-order valence-corrected chi connectivity index (χ3v) is 6.42. The van der Waals surface area contributed by atoms with Crippen LogP contribution in [0.3, 0.4) is 0 Å². The Kier molecular flexibility index (Phi) is 5.91. The number of benzene rings is 2. The topological polar surface area (TPSA) is 61.4 Å². The van der Waals surface area contributed by atoms with Crippen molar-refractivity contribution in [1.82, 2.24) is 19.2 Å². The summed E-state index contributed by atoms with van der Waals surface area (Å²) in [5.74, 6) is 0.554. The molecule has 0 aliphatic carbocycles. The van der Waals surface area contributed by atoms with Gasteiger partial charge >= 0.3 is 0 Å². The van der Waals surface area contributed by atoms with Gasteiger partial charge in [-0.05, 0) is 74.7 Å². The van der Waals surface area contributed by atoms with Crippen LogP contribution in [0, 0.1) is 27.7 Å². The van der Waals surface area contributed by atoms with Crippen molar-refractivity contribution in [2.45, 2.75) is 34.3 Å². The zero-order valence-electron chi connectivity index (χ0n) is 20.0. The minimum atomic E-state index is -0.193. The Morgan fingerprint density at radius 3 is 2.54 bits per heavy atom. The Morgan fingerprint density at radius 2 is 1.74 bits per heavy atom. The Hall–Kier alpha value is -3.90. The van der Waals surface area contributed by atoms with E-state index in [4.69, 9.17) is 26.4 Å². The predicted octanol–water partition coefficient (Wildman–Crippen LogP) is 6.01. The van der Waals surface area contributed by atoms with Crippen LogP contribution >= 0.6 is 11.6 Å². The van der Waals surface area contributed by atoms with E-state index in [-0.39, 0.29) is 5.56 Å². The second kappa shape index (κ2) is 9.04. The lowest BCUT2D eigenvalue weighted by molar-refractivity contribution is 0.307. The maximum absolute atomic E-state index is 13.6. The van der Waals surface area contributed by atoms with Gasteiger partial charge in [0.05, 0.1) is 16.9 Å². The molecule has 0 atom stereocenters. The van der Waals surface area contributed by atoms with Gasteiger partial charge in [0.15, 0.2) is 11.4 Å². The van der Waals surface area contributed by atoms with Gasteiger partial charge in [-0.25, -0.2) is 9.67 Å². The van der Waals surface area contributed by atoms with Crippen LogP contribution in [0.25, 0.3) is 22.6 Å². The second-order valence-electron chi connectivity index (χ2n) is 8.67. The number of pyridine rings is 1.